The van der Waals surface area contributed by atoms with Crippen LogP contribution < -0.4 is 0 Å². The number of hydrogen-bond donors (Lipinski definition) is 1. The number of H-pyrrole nitrogens is 1. The molecule has 0 radical (unpaired) electrons. The molecule has 0 spiro atoms. The summed E-state index contributed by atoms with van der Waals surface area (Å²) in [6.45, 7) is 1.09. The summed E-state index contributed by atoms with van der Waals surface area (Å²) in [5.41, 5.74) is 3.48. The van der Waals surface area contributed by atoms with E-state index < -0.39 is 0 Å². The molecule has 8 heteroatoms. The van der Waals surface area contributed by atoms with Gasteiger partial charge in [0, 0.05) is 36.0 Å². The summed E-state index contributed by atoms with van der Waals surface area (Å²) in [5, 5.41) is 12.1. The minimum Gasteiger partial charge on any atom is -0.338 e. The zero-order chi connectivity index (χ0) is 20.5. The molecule has 4 aromatic rings. The summed E-state index contributed by atoms with van der Waals surface area (Å²) in [6.07, 6.45) is 0.366. The molecule has 0 aliphatic carbocycles. The van der Waals surface area contributed by atoms with E-state index in [1.54, 1.807) is 0 Å². The maximum absolute atomic E-state index is 12.5. The number of halogens is 1. The minimum atomic E-state index is -0.0983. The molecular formula is C22H18ClN5O2. The van der Waals surface area contributed by atoms with Crippen molar-refractivity contribution in [1.82, 2.24) is 25.2 Å². The van der Waals surface area contributed by atoms with Gasteiger partial charge in [-0.2, -0.15) is 10.1 Å². The van der Waals surface area contributed by atoms with Crippen molar-refractivity contribution in [2.24, 2.45) is 0 Å². The van der Waals surface area contributed by atoms with Crippen LogP contribution in [0.4, 0.5) is 0 Å². The largest absolute Gasteiger partial charge is 0.338 e. The fourth-order valence-electron chi connectivity index (χ4n) is 3.61. The van der Waals surface area contributed by atoms with E-state index in [1.165, 1.54) is 0 Å². The summed E-state index contributed by atoms with van der Waals surface area (Å²) in [5.74, 6) is 0.879. The van der Waals surface area contributed by atoms with Crippen LogP contribution in [0.5, 0.6) is 0 Å². The van der Waals surface area contributed by atoms with E-state index in [-0.39, 0.29) is 11.8 Å². The Bertz CT molecular complexity index is 1170. The number of nitrogens with zero attached hydrogens (tertiary/aromatic N) is 4. The average molecular weight is 420 g/mol. The molecule has 1 aliphatic rings. The highest BCUT2D eigenvalue weighted by molar-refractivity contribution is 6.30. The fourth-order valence-corrected chi connectivity index (χ4v) is 3.73. The summed E-state index contributed by atoms with van der Waals surface area (Å²) >= 11 is 5.93. The molecule has 1 atom stereocenters. The van der Waals surface area contributed by atoms with Crippen LogP contribution in [0.3, 0.4) is 0 Å². The standard InChI is InChI=1S/C22H18ClN5O2/c23-17-8-6-14(7-9-17)12-28-13-16(10-20(28)29)21-24-22(30-27-21)19-11-18(25-26-19)15-4-2-1-3-5-15/h1-9,11,16H,10,12-13H2,(H,25,26). The number of rotatable bonds is 5. The van der Waals surface area contributed by atoms with Crippen LogP contribution in [0, 0.1) is 0 Å². The number of nitrogens with one attached hydrogen (secondary N) is 1. The molecule has 1 fully saturated rings. The van der Waals surface area contributed by atoms with Gasteiger partial charge >= 0.3 is 0 Å². The van der Waals surface area contributed by atoms with Crippen molar-refractivity contribution in [3.8, 4) is 22.8 Å². The molecule has 1 N–H and O–H groups in total. The molecule has 1 aliphatic heterocycles. The third-order valence-electron chi connectivity index (χ3n) is 5.19. The van der Waals surface area contributed by atoms with Gasteiger partial charge < -0.3 is 9.42 Å². The Labute approximate surface area is 177 Å². The van der Waals surface area contributed by atoms with Gasteiger partial charge in [-0.3, -0.25) is 9.89 Å². The van der Waals surface area contributed by atoms with Gasteiger partial charge in [-0.25, -0.2) is 0 Å². The van der Waals surface area contributed by atoms with Crippen molar-refractivity contribution in [1.29, 1.82) is 0 Å². The summed E-state index contributed by atoms with van der Waals surface area (Å²) < 4.78 is 5.44. The lowest BCUT2D eigenvalue weighted by Crippen LogP contribution is -2.24. The third-order valence-corrected chi connectivity index (χ3v) is 5.44. The molecular weight excluding hydrogens is 402 g/mol. The van der Waals surface area contributed by atoms with Crippen molar-refractivity contribution >= 4 is 17.5 Å². The Morgan fingerprint density at radius 2 is 1.93 bits per heavy atom. The van der Waals surface area contributed by atoms with E-state index in [0.29, 0.717) is 41.9 Å². The van der Waals surface area contributed by atoms with Crippen molar-refractivity contribution in [3.05, 3.63) is 77.1 Å². The topological polar surface area (TPSA) is 87.9 Å². The first kappa shape index (κ1) is 18.6. The normalized spacial score (nSPS) is 16.4. The van der Waals surface area contributed by atoms with Crippen LogP contribution in [0.25, 0.3) is 22.8 Å². The van der Waals surface area contributed by atoms with E-state index in [2.05, 4.69) is 20.3 Å². The quantitative estimate of drug-likeness (QED) is 0.521. The van der Waals surface area contributed by atoms with Gasteiger partial charge in [0.15, 0.2) is 5.82 Å². The first-order chi connectivity index (χ1) is 14.7. The van der Waals surface area contributed by atoms with Crippen LogP contribution >= 0.6 is 11.6 Å². The molecule has 1 amide bonds. The fraction of sp³-hybridized carbons (Fsp3) is 0.182. The molecule has 1 unspecified atom stereocenters. The number of carbonyl (C=O) groups excluding carboxylic acids is 1. The molecule has 5 rings (SSSR count). The number of aromatic nitrogens is 4. The number of carbonyl (C=O) groups is 1. The summed E-state index contributed by atoms with van der Waals surface area (Å²) in [6, 6.07) is 19.2. The molecule has 0 saturated carbocycles. The second-order valence-electron chi connectivity index (χ2n) is 7.29. The van der Waals surface area contributed by atoms with Gasteiger partial charge in [0.1, 0.15) is 5.69 Å². The number of amides is 1. The average Bonchev–Trinajstić information content (AvgIpc) is 3.50. The predicted octanol–water partition coefficient (Wildman–Crippen LogP) is 4.30. The molecule has 1 saturated heterocycles. The van der Waals surface area contributed by atoms with Crippen molar-refractivity contribution in [3.63, 3.8) is 0 Å². The van der Waals surface area contributed by atoms with Gasteiger partial charge in [-0.1, -0.05) is 59.2 Å². The predicted molar refractivity (Wildman–Crippen MR) is 112 cm³/mol. The maximum Gasteiger partial charge on any atom is 0.275 e. The number of likely N-dealkylation sites (tertiary alicyclic amines) is 1. The zero-order valence-corrected chi connectivity index (χ0v) is 16.7. The molecule has 7 nitrogen and oxygen atoms in total. The Morgan fingerprint density at radius 3 is 2.73 bits per heavy atom. The number of hydrogen-bond acceptors (Lipinski definition) is 5. The molecule has 150 valence electrons. The minimum absolute atomic E-state index is 0.0780. The third kappa shape index (κ3) is 3.71. The first-order valence-corrected chi connectivity index (χ1v) is 10.0. The Kier molecular flexibility index (Phi) is 4.80. The van der Waals surface area contributed by atoms with Gasteiger partial charge in [0.25, 0.3) is 5.89 Å². The summed E-state index contributed by atoms with van der Waals surface area (Å²) in [4.78, 5) is 18.8. The maximum atomic E-state index is 12.5. The highest BCUT2D eigenvalue weighted by Crippen LogP contribution is 2.30. The second-order valence-corrected chi connectivity index (χ2v) is 7.73. The van der Waals surface area contributed by atoms with Crippen molar-refractivity contribution in [2.75, 3.05) is 6.54 Å². The van der Waals surface area contributed by atoms with Gasteiger partial charge in [0.05, 0.1) is 5.69 Å². The molecule has 2 aromatic carbocycles. The van der Waals surface area contributed by atoms with E-state index in [9.17, 15) is 4.79 Å². The summed E-state index contributed by atoms with van der Waals surface area (Å²) in [7, 11) is 0. The number of aromatic amines is 1. The van der Waals surface area contributed by atoms with Crippen LogP contribution in [0.1, 0.15) is 23.7 Å². The van der Waals surface area contributed by atoms with E-state index in [1.807, 2.05) is 65.6 Å². The zero-order valence-electron chi connectivity index (χ0n) is 16.0. The van der Waals surface area contributed by atoms with E-state index in [4.69, 9.17) is 16.1 Å². The monoisotopic (exact) mass is 419 g/mol. The van der Waals surface area contributed by atoms with Crippen molar-refractivity contribution < 1.29 is 9.32 Å². The number of benzene rings is 2. The Hall–Kier alpha value is -3.45. The van der Waals surface area contributed by atoms with Gasteiger partial charge in [-0.05, 0) is 23.8 Å². The van der Waals surface area contributed by atoms with Crippen molar-refractivity contribution in [2.45, 2.75) is 18.9 Å². The Morgan fingerprint density at radius 1 is 1.13 bits per heavy atom. The van der Waals surface area contributed by atoms with Crippen LogP contribution in [-0.4, -0.2) is 37.7 Å². The SMILES string of the molecule is O=C1CC(c2noc(-c3cc(-c4ccccc4)n[nH]3)n2)CN1Cc1ccc(Cl)cc1. The van der Waals surface area contributed by atoms with E-state index >= 15 is 0 Å². The second kappa shape index (κ2) is 7.76. The van der Waals surface area contributed by atoms with Crippen LogP contribution in [-0.2, 0) is 11.3 Å². The lowest BCUT2D eigenvalue weighted by atomic mass is 10.1. The highest BCUT2D eigenvalue weighted by Gasteiger charge is 2.34. The molecule has 3 heterocycles. The van der Waals surface area contributed by atoms with Gasteiger partial charge in [-0.15, -0.1) is 0 Å². The lowest BCUT2D eigenvalue weighted by molar-refractivity contribution is -0.128. The lowest BCUT2D eigenvalue weighted by Gasteiger charge is -2.16. The molecule has 2 aromatic heterocycles. The van der Waals surface area contributed by atoms with Gasteiger partial charge in [0.2, 0.25) is 5.91 Å². The molecule has 30 heavy (non-hydrogen) atoms. The van der Waals surface area contributed by atoms with Crippen LogP contribution in [0.2, 0.25) is 5.02 Å². The highest BCUT2D eigenvalue weighted by atomic mass is 35.5. The molecule has 0 bridgehead atoms. The first-order valence-electron chi connectivity index (χ1n) is 9.63. The Balaban J connectivity index is 1.29. The smallest absolute Gasteiger partial charge is 0.275 e. The van der Waals surface area contributed by atoms with Crippen LogP contribution in [0.15, 0.2) is 65.2 Å². The van der Waals surface area contributed by atoms with E-state index in [0.717, 1.165) is 16.8 Å².